The Labute approximate surface area is 240 Å². The van der Waals surface area contributed by atoms with Gasteiger partial charge in [-0.15, -0.1) is 0 Å². The highest BCUT2D eigenvalue weighted by Gasteiger charge is 2.22. The van der Waals surface area contributed by atoms with Crippen molar-refractivity contribution in [2.24, 2.45) is 10.2 Å². The zero-order chi connectivity index (χ0) is 27.6. The van der Waals surface area contributed by atoms with Gasteiger partial charge in [0.05, 0.1) is 21.4 Å². The van der Waals surface area contributed by atoms with E-state index in [0.717, 1.165) is 22.3 Å². The molecule has 194 valence electrons. The first-order valence-corrected chi connectivity index (χ1v) is 13.2. The van der Waals surface area contributed by atoms with Crippen LogP contribution in [0.25, 0.3) is 23.3 Å². The number of rotatable bonds is 5. The van der Waals surface area contributed by atoms with Crippen molar-refractivity contribution in [3.05, 3.63) is 129 Å². The smallest absolute Gasteiger partial charge is 0.206 e. The molecule has 0 amide bonds. The van der Waals surface area contributed by atoms with Gasteiger partial charge in [-0.3, -0.25) is 20.4 Å². The van der Waals surface area contributed by atoms with Crippen molar-refractivity contribution in [3.8, 4) is 11.1 Å². The Balaban J connectivity index is 1.40. The molecule has 2 N–H and O–H groups in total. The molecule has 0 bridgehead atoms. The summed E-state index contributed by atoms with van der Waals surface area (Å²) in [5, 5.41) is 9.75. The number of nitrogens with zero attached hydrogens (tertiary/aromatic N) is 2. The molecule has 4 aromatic carbocycles. The SMILES string of the molecule is O=C1C=Cc2ccccc2C1=NNc1c(Cl)cccc1-c1cccc(Cl)c1NN=C1C(=O)C=Cc2ccccc21. The zero-order valence-electron chi connectivity index (χ0n) is 20.9. The van der Waals surface area contributed by atoms with Gasteiger partial charge in [0.2, 0.25) is 11.6 Å². The lowest BCUT2D eigenvalue weighted by atomic mass is 9.95. The number of allylic oxidation sites excluding steroid dienone is 2. The third-order valence-electron chi connectivity index (χ3n) is 6.60. The predicted molar refractivity (Wildman–Crippen MR) is 163 cm³/mol. The first-order valence-electron chi connectivity index (χ1n) is 12.4. The van der Waals surface area contributed by atoms with Crippen molar-refractivity contribution in [2.45, 2.75) is 0 Å². The summed E-state index contributed by atoms with van der Waals surface area (Å²) in [5.74, 6) is -0.431. The van der Waals surface area contributed by atoms with Crippen LogP contribution in [0.4, 0.5) is 11.4 Å². The van der Waals surface area contributed by atoms with Crippen molar-refractivity contribution >= 4 is 69.7 Å². The first-order chi connectivity index (χ1) is 19.5. The highest BCUT2D eigenvalue weighted by molar-refractivity contribution is 6.53. The van der Waals surface area contributed by atoms with Crippen molar-refractivity contribution < 1.29 is 9.59 Å². The van der Waals surface area contributed by atoms with Crippen molar-refractivity contribution in [3.63, 3.8) is 0 Å². The Morgan fingerprint density at radius 3 is 1.32 bits per heavy atom. The van der Waals surface area contributed by atoms with Crippen LogP contribution in [0.3, 0.4) is 0 Å². The number of nitrogens with one attached hydrogen (secondary N) is 2. The summed E-state index contributed by atoms with van der Waals surface area (Å²) in [6.45, 7) is 0. The molecule has 0 heterocycles. The van der Waals surface area contributed by atoms with E-state index in [4.69, 9.17) is 23.2 Å². The van der Waals surface area contributed by atoms with Gasteiger partial charge in [-0.1, -0.05) is 108 Å². The van der Waals surface area contributed by atoms with E-state index >= 15 is 0 Å². The average Bonchev–Trinajstić information content (AvgIpc) is 2.97. The molecule has 0 atom stereocenters. The maximum absolute atomic E-state index is 12.7. The number of fused-ring (bicyclic) bond motifs is 2. The first kappa shape index (κ1) is 25.5. The van der Waals surface area contributed by atoms with Gasteiger partial charge in [-0.2, -0.15) is 10.2 Å². The Bertz CT molecular complexity index is 1690. The van der Waals surface area contributed by atoms with Crippen molar-refractivity contribution in [2.75, 3.05) is 10.9 Å². The monoisotopic (exact) mass is 562 g/mol. The molecular weight excluding hydrogens is 543 g/mol. The second kappa shape index (κ2) is 10.8. The minimum atomic E-state index is -0.216. The summed E-state index contributed by atoms with van der Waals surface area (Å²) in [7, 11) is 0. The van der Waals surface area contributed by atoms with Crippen LogP contribution in [0.1, 0.15) is 22.3 Å². The third kappa shape index (κ3) is 4.75. The number of anilines is 2. The van der Waals surface area contributed by atoms with Gasteiger partial charge < -0.3 is 0 Å². The molecule has 4 aromatic rings. The number of ketones is 2. The molecule has 0 radical (unpaired) electrons. The number of hydrazone groups is 2. The van der Waals surface area contributed by atoms with Gasteiger partial charge >= 0.3 is 0 Å². The maximum Gasteiger partial charge on any atom is 0.206 e. The third-order valence-corrected chi connectivity index (χ3v) is 7.23. The zero-order valence-corrected chi connectivity index (χ0v) is 22.4. The Morgan fingerprint density at radius 2 is 0.875 bits per heavy atom. The molecular formula is C32H20Cl2N4O2. The Kier molecular flexibility index (Phi) is 6.86. The molecule has 0 aliphatic heterocycles. The summed E-state index contributed by atoms with van der Waals surface area (Å²) < 4.78 is 0. The van der Waals surface area contributed by atoms with E-state index in [-0.39, 0.29) is 23.0 Å². The summed E-state index contributed by atoms with van der Waals surface area (Å²) in [5.41, 5.74) is 12.2. The summed E-state index contributed by atoms with van der Waals surface area (Å²) in [4.78, 5) is 25.4. The van der Waals surface area contributed by atoms with E-state index < -0.39 is 0 Å². The molecule has 40 heavy (non-hydrogen) atoms. The summed E-state index contributed by atoms with van der Waals surface area (Å²) in [6.07, 6.45) is 6.53. The van der Waals surface area contributed by atoms with Crippen LogP contribution >= 0.6 is 23.2 Å². The number of carbonyl (C=O) groups is 2. The Hall–Kier alpha value is -4.78. The topological polar surface area (TPSA) is 82.9 Å². The molecule has 8 heteroatoms. The second-order valence-electron chi connectivity index (χ2n) is 9.04. The molecule has 6 rings (SSSR count). The minimum Gasteiger partial charge on any atom is -0.287 e. The van der Waals surface area contributed by atoms with Gasteiger partial charge in [0, 0.05) is 22.3 Å². The van der Waals surface area contributed by atoms with Gasteiger partial charge in [0.1, 0.15) is 11.4 Å². The molecule has 0 aromatic heterocycles. The largest absolute Gasteiger partial charge is 0.287 e. The minimum absolute atomic E-state index is 0.216. The van der Waals surface area contributed by atoms with Gasteiger partial charge in [-0.25, -0.2) is 0 Å². The summed E-state index contributed by atoms with van der Waals surface area (Å²) >= 11 is 13.3. The van der Waals surface area contributed by atoms with E-state index in [9.17, 15) is 9.59 Å². The van der Waals surface area contributed by atoms with E-state index in [2.05, 4.69) is 21.1 Å². The van der Waals surface area contributed by atoms with Crippen LogP contribution < -0.4 is 10.9 Å². The standard InChI is InChI=1S/C32H20Cl2N4O2/c33-25-13-5-11-23(29(25)35-37-31-21-9-3-1-7-19(21)15-17-27(31)39)24-12-6-14-26(34)30(24)36-38-32-22-10-4-2-8-20(22)16-18-28(32)40/h1-18,35-36H. The number of benzene rings is 4. The van der Waals surface area contributed by atoms with Crippen LogP contribution in [-0.2, 0) is 9.59 Å². The molecule has 0 fully saturated rings. The lowest BCUT2D eigenvalue weighted by Gasteiger charge is -2.18. The quantitative estimate of drug-likeness (QED) is 0.247. The van der Waals surface area contributed by atoms with E-state index in [0.29, 0.717) is 32.5 Å². The molecule has 0 spiro atoms. The predicted octanol–water partition coefficient (Wildman–Crippen LogP) is 7.48. The molecule has 6 nitrogen and oxygen atoms in total. The highest BCUT2D eigenvalue weighted by atomic mass is 35.5. The van der Waals surface area contributed by atoms with Gasteiger partial charge in [0.25, 0.3) is 0 Å². The average molecular weight is 563 g/mol. The number of halogens is 2. The number of hydrogen-bond donors (Lipinski definition) is 2. The fraction of sp³-hybridized carbons (Fsp3) is 0. The fourth-order valence-electron chi connectivity index (χ4n) is 4.65. The van der Waals surface area contributed by atoms with Crippen LogP contribution in [0.5, 0.6) is 0 Å². The second-order valence-corrected chi connectivity index (χ2v) is 9.85. The van der Waals surface area contributed by atoms with Gasteiger partial charge in [-0.05, 0) is 35.4 Å². The Morgan fingerprint density at radius 1 is 0.475 bits per heavy atom. The fourth-order valence-corrected chi connectivity index (χ4v) is 5.08. The van der Waals surface area contributed by atoms with Crippen molar-refractivity contribution in [1.29, 1.82) is 0 Å². The van der Waals surface area contributed by atoms with E-state index in [1.807, 2.05) is 72.8 Å². The molecule has 2 aliphatic carbocycles. The lowest BCUT2D eigenvalue weighted by molar-refractivity contribution is -0.109. The lowest BCUT2D eigenvalue weighted by Crippen LogP contribution is -2.19. The maximum atomic E-state index is 12.7. The molecule has 0 unspecified atom stereocenters. The molecule has 0 saturated carbocycles. The molecule has 2 aliphatic rings. The van der Waals surface area contributed by atoms with Crippen LogP contribution in [0.2, 0.25) is 10.0 Å². The molecule has 0 saturated heterocycles. The van der Waals surface area contributed by atoms with Crippen LogP contribution in [-0.4, -0.2) is 23.0 Å². The van der Waals surface area contributed by atoms with E-state index in [1.165, 1.54) is 12.2 Å². The van der Waals surface area contributed by atoms with Crippen molar-refractivity contribution in [1.82, 2.24) is 0 Å². The number of hydrogen-bond acceptors (Lipinski definition) is 6. The highest BCUT2D eigenvalue weighted by Crippen LogP contribution is 2.41. The normalized spacial score (nSPS) is 15.8. The number of carbonyl (C=O) groups excluding carboxylic acids is 2. The summed E-state index contributed by atoms with van der Waals surface area (Å²) in [6, 6.07) is 25.9. The van der Waals surface area contributed by atoms with Crippen LogP contribution in [0, 0.1) is 0 Å². The van der Waals surface area contributed by atoms with Gasteiger partial charge in [0.15, 0.2) is 0 Å². The number of para-hydroxylation sites is 2. The van der Waals surface area contributed by atoms with Crippen LogP contribution in [0.15, 0.2) is 107 Å². The van der Waals surface area contributed by atoms with E-state index in [1.54, 1.807) is 24.3 Å².